The Morgan fingerprint density at radius 2 is 1.62 bits per heavy atom. The molecule has 78 valence electrons. The fraction of sp³-hybridized carbons (Fsp3) is 0. The van der Waals surface area contributed by atoms with Crippen molar-refractivity contribution in [3.63, 3.8) is 0 Å². The van der Waals surface area contributed by atoms with E-state index in [4.69, 9.17) is 4.42 Å². The van der Waals surface area contributed by atoms with Gasteiger partial charge in [-0.25, -0.2) is 0 Å². The molecule has 0 saturated carbocycles. The van der Waals surface area contributed by atoms with Crippen molar-refractivity contribution in [3.05, 3.63) is 59.3 Å². The Morgan fingerprint density at radius 1 is 0.875 bits per heavy atom. The number of halogens is 1. The topological polar surface area (TPSA) is 13.1 Å². The van der Waals surface area contributed by atoms with Crippen molar-refractivity contribution in [2.75, 3.05) is 0 Å². The molecule has 1 nitrogen and oxygen atoms in total. The van der Waals surface area contributed by atoms with Crippen molar-refractivity contribution < 1.29 is 4.42 Å². The van der Waals surface area contributed by atoms with Gasteiger partial charge in [0, 0.05) is 20.8 Å². The van der Waals surface area contributed by atoms with Crippen LogP contribution in [0, 0.1) is 0 Å². The van der Waals surface area contributed by atoms with E-state index < -0.39 is 0 Å². The Bertz CT molecular complexity index is 623. The van der Waals surface area contributed by atoms with Crippen molar-refractivity contribution in [1.82, 2.24) is 0 Å². The van der Waals surface area contributed by atoms with Crippen LogP contribution in [0.5, 0.6) is 0 Å². The molecule has 3 aromatic rings. The largest absolute Gasteiger partial charge is 0.463 e. The van der Waals surface area contributed by atoms with E-state index in [9.17, 15) is 0 Å². The van der Waals surface area contributed by atoms with Crippen LogP contribution in [0.15, 0.2) is 63.7 Å². The van der Waals surface area contributed by atoms with Gasteiger partial charge in [0.05, 0.1) is 6.26 Å². The molecule has 0 atom stereocenters. The quantitative estimate of drug-likeness (QED) is 0.617. The second-order valence-corrected chi connectivity index (χ2v) is 4.57. The summed E-state index contributed by atoms with van der Waals surface area (Å²) in [5.74, 6) is 0.933. The predicted molar refractivity (Wildman–Crippen MR) is 69.4 cm³/mol. The minimum atomic E-state index is 0.933. The van der Waals surface area contributed by atoms with E-state index in [0.717, 1.165) is 26.6 Å². The summed E-state index contributed by atoms with van der Waals surface area (Å²) in [5, 5.41) is 2.30. The maximum Gasteiger partial charge on any atom is 0.141 e. The molecule has 2 aromatic carbocycles. The lowest BCUT2D eigenvalue weighted by Crippen LogP contribution is -1.74. The highest BCUT2D eigenvalue weighted by atomic mass is 79.9. The van der Waals surface area contributed by atoms with E-state index in [0.29, 0.717) is 0 Å². The first kappa shape index (κ1) is 9.67. The van der Waals surface area contributed by atoms with Crippen molar-refractivity contribution >= 4 is 26.7 Å². The van der Waals surface area contributed by atoms with E-state index in [1.165, 1.54) is 0 Å². The van der Waals surface area contributed by atoms with Crippen LogP contribution in [-0.2, 0) is 0 Å². The average Bonchev–Trinajstić information content (AvgIpc) is 2.74. The highest BCUT2D eigenvalue weighted by molar-refractivity contribution is 9.10. The van der Waals surface area contributed by atoms with Crippen molar-refractivity contribution in [1.29, 1.82) is 0 Å². The number of rotatable bonds is 1. The molecule has 2 heteroatoms. The van der Waals surface area contributed by atoms with Crippen LogP contribution in [0.3, 0.4) is 0 Å². The van der Waals surface area contributed by atoms with Crippen LogP contribution in [0.1, 0.15) is 0 Å². The summed E-state index contributed by atoms with van der Waals surface area (Å²) >= 11 is 3.43. The van der Waals surface area contributed by atoms with Crippen molar-refractivity contribution in [2.24, 2.45) is 0 Å². The first-order chi connectivity index (χ1) is 7.84. The fourth-order valence-corrected chi connectivity index (χ4v) is 2.08. The van der Waals surface area contributed by atoms with E-state index >= 15 is 0 Å². The van der Waals surface area contributed by atoms with Gasteiger partial charge in [0.2, 0.25) is 0 Å². The Balaban J connectivity index is 2.22. The van der Waals surface area contributed by atoms with Crippen molar-refractivity contribution in [3.8, 4) is 11.3 Å². The van der Waals surface area contributed by atoms with Crippen molar-refractivity contribution in [2.45, 2.75) is 0 Å². The second kappa shape index (κ2) is 3.80. The highest BCUT2D eigenvalue weighted by Gasteiger charge is 2.07. The van der Waals surface area contributed by atoms with Gasteiger partial charge in [0.1, 0.15) is 5.76 Å². The third-order valence-electron chi connectivity index (χ3n) is 2.62. The van der Waals surface area contributed by atoms with Gasteiger partial charge in [0.15, 0.2) is 0 Å². The van der Waals surface area contributed by atoms with Gasteiger partial charge in [-0.15, -0.1) is 0 Å². The van der Waals surface area contributed by atoms with E-state index in [1.54, 1.807) is 6.26 Å². The second-order valence-electron chi connectivity index (χ2n) is 3.66. The van der Waals surface area contributed by atoms with Gasteiger partial charge in [-0.05, 0) is 12.1 Å². The average molecular weight is 273 g/mol. The maximum atomic E-state index is 5.63. The minimum absolute atomic E-state index is 0.933. The monoisotopic (exact) mass is 272 g/mol. The Labute approximate surface area is 102 Å². The van der Waals surface area contributed by atoms with Gasteiger partial charge in [-0.1, -0.05) is 52.3 Å². The van der Waals surface area contributed by atoms with Crippen LogP contribution in [0.2, 0.25) is 0 Å². The molecule has 0 N–H and O–H groups in total. The summed E-state index contributed by atoms with van der Waals surface area (Å²) < 4.78 is 6.70. The smallest absolute Gasteiger partial charge is 0.141 e. The molecule has 0 amide bonds. The highest BCUT2D eigenvalue weighted by Crippen LogP contribution is 2.30. The number of fused-ring (bicyclic) bond motifs is 1. The molecule has 1 aromatic heterocycles. The van der Waals surface area contributed by atoms with Gasteiger partial charge in [0.25, 0.3) is 0 Å². The molecule has 16 heavy (non-hydrogen) atoms. The lowest BCUT2D eigenvalue weighted by Gasteiger charge is -1.98. The Morgan fingerprint density at radius 3 is 2.44 bits per heavy atom. The molecule has 0 spiro atoms. The molecule has 0 aliphatic carbocycles. The molecular weight excluding hydrogens is 264 g/mol. The molecule has 0 aliphatic rings. The molecule has 1 heterocycles. The molecular formula is C14H9BrO. The van der Waals surface area contributed by atoms with E-state index in [-0.39, 0.29) is 0 Å². The first-order valence-corrected chi connectivity index (χ1v) is 5.86. The zero-order chi connectivity index (χ0) is 11.0. The van der Waals surface area contributed by atoms with E-state index in [1.807, 2.05) is 24.3 Å². The lowest BCUT2D eigenvalue weighted by atomic mass is 10.1. The standard InChI is InChI=1S/C14H9BrO/c15-12-7-5-10(6-8-12)14-13-4-2-1-3-11(13)9-16-14/h1-9H. The lowest BCUT2D eigenvalue weighted by molar-refractivity contribution is 0.587. The van der Waals surface area contributed by atoms with Gasteiger partial charge >= 0.3 is 0 Å². The maximum absolute atomic E-state index is 5.63. The zero-order valence-corrected chi connectivity index (χ0v) is 10.1. The summed E-state index contributed by atoms with van der Waals surface area (Å²) in [6.07, 6.45) is 1.80. The summed E-state index contributed by atoms with van der Waals surface area (Å²) in [6.45, 7) is 0. The van der Waals surface area contributed by atoms with Gasteiger partial charge in [-0.2, -0.15) is 0 Å². The summed E-state index contributed by atoms with van der Waals surface area (Å²) in [4.78, 5) is 0. The molecule has 0 saturated heterocycles. The van der Waals surface area contributed by atoms with Gasteiger partial charge < -0.3 is 4.42 Å². The number of furan rings is 1. The molecule has 0 fully saturated rings. The molecule has 0 radical (unpaired) electrons. The fourth-order valence-electron chi connectivity index (χ4n) is 1.82. The molecule has 0 aliphatic heterocycles. The Hall–Kier alpha value is -1.54. The predicted octanol–water partition coefficient (Wildman–Crippen LogP) is 4.86. The summed E-state index contributed by atoms with van der Waals surface area (Å²) in [5.41, 5.74) is 1.10. The minimum Gasteiger partial charge on any atom is -0.463 e. The zero-order valence-electron chi connectivity index (χ0n) is 8.48. The molecule has 0 bridgehead atoms. The van der Waals surface area contributed by atoms with Crippen LogP contribution in [-0.4, -0.2) is 0 Å². The third-order valence-corrected chi connectivity index (χ3v) is 3.14. The molecule has 0 unspecified atom stereocenters. The Kier molecular flexibility index (Phi) is 2.29. The normalized spacial score (nSPS) is 10.8. The van der Waals surface area contributed by atoms with Crippen LogP contribution >= 0.6 is 15.9 Å². The summed E-state index contributed by atoms with van der Waals surface area (Å²) in [6, 6.07) is 16.3. The van der Waals surface area contributed by atoms with Crippen LogP contribution in [0.25, 0.3) is 22.1 Å². The van der Waals surface area contributed by atoms with E-state index in [2.05, 4.69) is 40.2 Å². The first-order valence-electron chi connectivity index (χ1n) is 5.07. The van der Waals surface area contributed by atoms with Crippen LogP contribution < -0.4 is 0 Å². The number of hydrogen-bond acceptors (Lipinski definition) is 1. The number of benzene rings is 2. The summed E-state index contributed by atoms with van der Waals surface area (Å²) in [7, 11) is 0. The third kappa shape index (κ3) is 1.55. The van der Waals surface area contributed by atoms with Gasteiger partial charge in [-0.3, -0.25) is 0 Å². The molecule has 3 rings (SSSR count). The van der Waals surface area contributed by atoms with Crippen LogP contribution in [0.4, 0.5) is 0 Å². The SMILES string of the molecule is Brc1ccc(-c2occ3ccccc23)cc1. The number of hydrogen-bond donors (Lipinski definition) is 0.